The highest BCUT2D eigenvalue weighted by Crippen LogP contribution is 2.20. The van der Waals surface area contributed by atoms with E-state index < -0.39 is 21.7 Å². The molecule has 0 saturated heterocycles. The largest absolute Gasteiger partial charge is 0.352 e. The molecule has 0 atom stereocenters. The van der Waals surface area contributed by atoms with Crippen LogP contribution in [0.4, 0.5) is 4.39 Å². The van der Waals surface area contributed by atoms with Crippen LogP contribution in [0.5, 0.6) is 0 Å². The summed E-state index contributed by atoms with van der Waals surface area (Å²) in [6.45, 7) is 4.18. The number of hydrogen-bond donors (Lipinski definition) is 1. The third kappa shape index (κ3) is 5.44. The molecule has 152 valence electrons. The van der Waals surface area contributed by atoms with Crippen LogP contribution in [0.2, 0.25) is 10.0 Å². The summed E-state index contributed by atoms with van der Waals surface area (Å²) in [4.78, 5) is 12.2. The topological polar surface area (TPSA) is 66.5 Å². The Morgan fingerprint density at radius 2 is 1.68 bits per heavy atom. The number of nitrogens with zero attached hydrogens (tertiary/aromatic N) is 1. The van der Waals surface area contributed by atoms with Gasteiger partial charge in [0.1, 0.15) is 5.82 Å². The number of halogens is 3. The zero-order valence-electron chi connectivity index (χ0n) is 15.5. The van der Waals surface area contributed by atoms with Gasteiger partial charge in [-0.1, -0.05) is 37.0 Å². The molecule has 0 aliphatic carbocycles. The average Bonchev–Trinajstić information content (AvgIpc) is 2.61. The van der Waals surface area contributed by atoms with Crippen molar-refractivity contribution in [1.29, 1.82) is 0 Å². The molecule has 0 unspecified atom stereocenters. The third-order valence-electron chi connectivity index (χ3n) is 4.15. The van der Waals surface area contributed by atoms with Crippen LogP contribution < -0.4 is 5.32 Å². The van der Waals surface area contributed by atoms with Crippen molar-refractivity contribution >= 4 is 39.1 Å². The Hall–Kier alpha value is -1.67. The van der Waals surface area contributed by atoms with Crippen LogP contribution in [-0.2, 0) is 16.4 Å². The van der Waals surface area contributed by atoms with Crippen molar-refractivity contribution < 1.29 is 17.6 Å². The molecule has 0 radical (unpaired) electrons. The van der Waals surface area contributed by atoms with E-state index in [1.807, 2.05) is 0 Å². The second-order valence-electron chi connectivity index (χ2n) is 6.01. The maximum Gasteiger partial charge on any atom is 0.254 e. The van der Waals surface area contributed by atoms with Gasteiger partial charge in [-0.25, -0.2) is 12.8 Å². The lowest BCUT2D eigenvalue weighted by Crippen LogP contribution is -2.31. The first-order chi connectivity index (χ1) is 13.2. The van der Waals surface area contributed by atoms with Crippen molar-refractivity contribution in [2.24, 2.45) is 0 Å². The Balaban J connectivity index is 2.14. The molecule has 0 aliphatic heterocycles. The molecular formula is C19H21Cl2FN2O3S. The van der Waals surface area contributed by atoms with Crippen molar-refractivity contribution in [2.75, 3.05) is 19.6 Å². The van der Waals surface area contributed by atoms with E-state index in [-0.39, 0.29) is 30.1 Å². The molecule has 2 aromatic rings. The predicted molar refractivity (Wildman–Crippen MR) is 109 cm³/mol. The highest BCUT2D eigenvalue weighted by Gasteiger charge is 2.24. The molecule has 2 aromatic carbocycles. The lowest BCUT2D eigenvalue weighted by Gasteiger charge is -2.19. The highest BCUT2D eigenvalue weighted by atomic mass is 35.5. The summed E-state index contributed by atoms with van der Waals surface area (Å²) in [5.41, 5.74) is 0.494. The van der Waals surface area contributed by atoms with Crippen LogP contribution in [0.25, 0.3) is 0 Å². The van der Waals surface area contributed by atoms with Gasteiger partial charge in [-0.15, -0.1) is 0 Å². The van der Waals surface area contributed by atoms with Gasteiger partial charge in [0.05, 0.1) is 10.5 Å². The van der Waals surface area contributed by atoms with Gasteiger partial charge in [0.2, 0.25) is 10.0 Å². The second-order valence-corrected chi connectivity index (χ2v) is 8.83. The summed E-state index contributed by atoms with van der Waals surface area (Å²) >= 11 is 11.9. The van der Waals surface area contributed by atoms with Crippen molar-refractivity contribution in [3.05, 3.63) is 63.4 Å². The quantitative estimate of drug-likeness (QED) is 0.662. The minimum atomic E-state index is -3.79. The van der Waals surface area contributed by atoms with Crippen LogP contribution in [0, 0.1) is 5.82 Å². The van der Waals surface area contributed by atoms with Crippen molar-refractivity contribution in [3.8, 4) is 0 Å². The fourth-order valence-corrected chi connectivity index (χ4v) is 4.78. The minimum absolute atomic E-state index is 0.121. The van der Waals surface area contributed by atoms with Gasteiger partial charge in [0.25, 0.3) is 5.91 Å². The zero-order valence-corrected chi connectivity index (χ0v) is 17.8. The van der Waals surface area contributed by atoms with Gasteiger partial charge in [-0.2, -0.15) is 4.31 Å². The maximum absolute atomic E-state index is 14.1. The summed E-state index contributed by atoms with van der Waals surface area (Å²) in [7, 11) is -3.79. The van der Waals surface area contributed by atoms with E-state index in [1.165, 1.54) is 4.31 Å². The van der Waals surface area contributed by atoms with E-state index >= 15 is 0 Å². The second kappa shape index (κ2) is 9.69. The molecule has 0 saturated carbocycles. The van der Waals surface area contributed by atoms with Crippen LogP contribution >= 0.6 is 23.2 Å². The molecule has 0 heterocycles. The molecule has 0 bridgehead atoms. The molecule has 0 aromatic heterocycles. The summed E-state index contributed by atoms with van der Waals surface area (Å²) in [6.07, 6.45) is 0.436. The van der Waals surface area contributed by atoms with Gasteiger partial charge in [0.15, 0.2) is 0 Å². The van der Waals surface area contributed by atoms with E-state index in [0.29, 0.717) is 16.5 Å². The van der Waals surface area contributed by atoms with Gasteiger partial charge in [-0.05, 0) is 48.4 Å². The van der Waals surface area contributed by atoms with Gasteiger partial charge in [0, 0.05) is 29.7 Å². The zero-order chi connectivity index (χ0) is 20.9. The number of rotatable bonds is 8. The lowest BCUT2D eigenvalue weighted by molar-refractivity contribution is 0.0950. The monoisotopic (exact) mass is 446 g/mol. The molecule has 28 heavy (non-hydrogen) atoms. The van der Waals surface area contributed by atoms with Crippen molar-refractivity contribution in [3.63, 3.8) is 0 Å². The number of amides is 1. The molecule has 1 N–H and O–H groups in total. The minimum Gasteiger partial charge on any atom is -0.352 e. The maximum atomic E-state index is 14.1. The van der Waals surface area contributed by atoms with Crippen LogP contribution in [0.1, 0.15) is 29.8 Å². The summed E-state index contributed by atoms with van der Waals surface area (Å²) in [5.74, 6) is -1.48. The van der Waals surface area contributed by atoms with E-state index in [4.69, 9.17) is 23.2 Å². The van der Waals surface area contributed by atoms with E-state index in [1.54, 1.807) is 32.0 Å². The molecule has 9 heteroatoms. The number of hydrogen-bond acceptors (Lipinski definition) is 3. The Morgan fingerprint density at radius 1 is 1.07 bits per heavy atom. The number of carbonyl (C=O) groups excluding carboxylic acids is 1. The summed E-state index contributed by atoms with van der Waals surface area (Å²) in [6, 6.07) is 8.25. The number of nitrogens with one attached hydrogen (secondary N) is 1. The normalized spacial score (nSPS) is 11.6. The third-order valence-corrected chi connectivity index (χ3v) is 6.63. The molecule has 0 aliphatic rings. The van der Waals surface area contributed by atoms with Gasteiger partial charge < -0.3 is 5.32 Å². The SMILES string of the molecule is CCN(CC)S(=O)(=O)c1ccc(F)c(C(=O)NCCc2cc(Cl)cc(Cl)c2)c1. The van der Waals surface area contributed by atoms with Crippen LogP contribution in [-0.4, -0.2) is 38.3 Å². The van der Waals surface area contributed by atoms with E-state index in [9.17, 15) is 17.6 Å². The van der Waals surface area contributed by atoms with E-state index in [2.05, 4.69) is 5.32 Å². The first kappa shape index (κ1) is 22.6. The average molecular weight is 447 g/mol. The van der Waals surface area contributed by atoms with Crippen LogP contribution in [0.3, 0.4) is 0 Å². The fraction of sp³-hybridized carbons (Fsp3) is 0.316. The standard InChI is InChI=1S/C19H21Cl2FN2O3S/c1-3-24(4-2)28(26,27)16-5-6-18(22)17(12-16)19(25)23-8-7-13-9-14(20)11-15(21)10-13/h5-6,9-12H,3-4,7-8H2,1-2H3,(H,23,25). The molecule has 0 spiro atoms. The first-order valence-electron chi connectivity index (χ1n) is 8.71. The van der Waals surface area contributed by atoms with Gasteiger partial charge >= 0.3 is 0 Å². The molecule has 1 amide bonds. The number of sulfonamides is 1. The first-order valence-corrected chi connectivity index (χ1v) is 10.9. The smallest absolute Gasteiger partial charge is 0.254 e. The number of benzene rings is 2. The Labute approximate surface area is 174 Å². The van der Waals surface area contributed by atoms with Crippen LogP contribution in [0.15, 0.2) is 41.3 Å². The predicted octanol–water partition coefficient (Wildman–Crippen LogP) is 4.14. The van der Waals surface area contributed by atoms with Crippen molar-refractivity contribution in [2.45, 2.75) is 25.2 Å². The molecular weight excluding hydrogens is 426 g/mol. The highest BCUT2D eigenvalue weighted by molar-refractivity contribution is 7.89. The fourth-order valence-electron chi connectivity index (χ4n) is 2.72. The Bertz CT molecular complexity index is 943. The van der Waals surface area contributed by atoms with Gasteiger partial charge in [-0.3, -0.25) is 4.79 Å². The Morgan fingerprint density at radius 3 is 2.25 bits per heavy atom. The Kier molecular flexibility index (Phi) is 7.83. The summed E-state index contributed by atoms with van der Waals surface area (Å²) in [5, 5.41) is 3.55. The molecule has 0 fully saturated rings. The number of carbonyl (C=O) groups is 1. The van der Waals surface area contributed by atoms with Crippen molar-refractivity contribution in [1.82, 2.24) is 9.62 Å². The lowest BCUT2D eigenvalue weighted by atomic mass is 10.1. The summed E-state index contributed by atoms with van der Waals surface area (Å²) < 4.78 is 40.5. The van der Waals surface area contributed by atoms with E-state index in [0.717, 1.165) is 23.8 Å². The molecule has 5 nitrogen and oxygen atoms in total. The molecule has 2 rings (SSSR count).